The average Bonchev–Trinajstić information content (AvgIpc) is 2.45. The molecule has 0 aromatic carbocycles. The van der Waals surface area contributed by atoms with Crippen molar-refractivity contribution < 1.29 is 16.8 Å². The van der Waals surface area contributed by atoms with E-state index in [-0.39, 0.29) is 35.6 Å². The summed E-state index contributed by atoms with van der Waals surface area (Å²) in [5.41, 5.74) is 0.430. The van der Waals surface area contributed by atoms with E-state index in [1.54, 1.807) is 55.4 Å². The van der Waals surface area contributed by atoms with Gasteiger partial charge in [0.25, 0.3) is 0 Å². The molecule has 8 nitrogen and oxygen atoms in total. The third-order valence-electron chi connectivity index (χ3n) is 3.86. The Morgan fingerprint density at radius 3 is 0.964 bits per heavy atom. The molecule has 0 saturated heterocycles. The highest BCUT2D eigenvalue weighted by atomic mass is 32.2. The molecule has 0 atom stereocenters. The average molecular weight is 433 g/mol. The molecule has 0 bridgehead atoms. The largest absolute Gasteiger partial charge is 0.323 e. The van der Waals surface area contributed by atoms with Crippen LogP contribution >= 0.6 is 0 Å². The summed E-state index contributed by atoms with van der Waals surface area (Å²) in [6.45, 7) is 14.3. The molecule has 28 heavy (non-hydrogen) atoms. The zero-order chi connectivity index (χ0) is 21.9. The maximum absolute atomic E-state index is 12.6. The Labute approximate surface area is 170 Å². The van der Waals surface area contributed by atoms with Gasteiger partial charge in [-0.2, -0.15) is 34.2 Å². The highest BCUT2D eigenvalue weighted by Crippen LogP contribution is 2.16. The van der Waals surface area contributed by atoms with Gasteiger partial charge in [0.1, 0.15) is 0 Å². The quantitative estimate of drug-likeness (QED) is 0.551. The fourth-order valence-electron chi connectivity index (χ4n) is 3.19. The van der Waals surface area contributed by atoms with Crippen LogP contribution in [0.15, 0.2) is 33.1 Å². The van der Waals surface area contributed by atoms with Crippen molar-refractivity contribution in [3.63, 3.8) is 0 Å². The minimum atomic E-state index is -3.86. The van der Waals surface area contributed by atoms with Crippen LogP contribution < -0.4 is 0 Å². The van der Waals surface area contributed by atoms with Gasteiger partial charge in [-0.15, -0.1) is 0 Å². The van der Waals surface area contributed by atoms with E-state index in [2.05, 4.69) is 8.80 Å². The second-order valence-corrected chi connectivity index (χ2v) is 10.7. The van der Waals surface area contributed by atoms with Crippen molar-refractivity contribution in [1.29, 1.82) is 0 Å². The van der Waals surface area contributed by atoms with Crippen molar-refractivity contribution in [2.75, 3.05) is 0 Å². The lowest BCUT2D eigenvalue weighted by Gasteiger charge is -2.27. The minimum absolute atomic E-state index is 0.215. The van der Waals surface area contributed by atoms with Gasteiger partial charge < -0.3 is 0 Å². The molecular weight excluding hydrogens is 400 g/mol. The predicted octanol–water partition coefficient (Wildman–Crippen LogP) is 2.72. The van der Waals surface area contributed by atoms with Crippen molar-refractivity contribution in [2.45, 2.75) is 79.6 Å². The molecule has 10 heteroatoms. The fraction of sp³-hybridized carbons (Fsp3) is 0.667. The first-order valence-electron chi connectivity index (χ1n) is 9.32. The van der Waals surface area contributed by atoms with Crippen LogP contribution in [0, 0.1) is 0 Å². The van der Waals surface area contributed by atoms with E-state index in [4.69, 9.17) is 0 Å². The summed E-state index contributed by atoms with van der Waals surface area (Å²) in [6.07, 6.45) is 5.78. The Morgan fingerprint density at radius 2 is 0.786 bits per heavy atom. The highest BCUT2D eigenvalue weighted by Gasteiger charge is 2.28. The summed E-state index contributed by atoms with van der Waals surface area (Å²) in [7, 11) is -7.71. The molecule has 0 fully saturated rings. The van der Waals surface area contributed by atoms with Crippen LogP contribution in [0.4, 0.5) is 0 Å². The monoisotopic (exact) mass is 432 g/mol. The Hall–Kier alpha value is -1.36. The summed E-state index contributed by atoms with van der Waals surface area (Å²) in [4.78, 5) is 0. The van der Waals surface area contributed by atoms with Crippen LogP contribution in [-0.4, -0.2) is 61.0 Å². The van der Waals surface area contributed by atoms with E-state index in [1.165, 1.54) is 32.9 Å². The maximum atomic E-state index is 12.6. The molecule has 160 valence electrons. The van der Waals surface area contributed by atoms with E-state index in [9.17, 15) is 16.8 Å². The maximum Gasteiger partial charge on any atom is 0.323 e. The molecule has 0 spiro atoms. The Morgan fingerprint density at radius 1 is 0.571 bits per heavy atom. The molecule has 0 aromatic rings. The third-order valence-corrected chi connectivity index (χ3v) is 7.50. The first kappa shape index (κ1) is 24.7. The molecule has 0 radical (unpaired) electrons. The zero-order valence-corrected chi connectivity index (χ0v) is 19.5. The van der Waals surface area contributed by atoms with Crippen LogP contribution in [-0.2, 0) is 20.4 Å². The van der Waals surface area contributed by atoms with Gasteiger partial charge in [-0.3, -0.25) is 0 Å². The number of nitrogens with zero attached hydrogens (tertiary/aromatic N) is 4. The van der Waals surface area contributed by atoms with Crippen molar-refractivity contribution in [1.82, 2.24) is 8.61 Å². The fourth-order valence-corrected chi connectivity index (χ4v) is 6.29. The van der Waals surface area contributed by atoms with E-state index in [1.807, 2.05) is 0 Å². The molecule has 1 aliphatic carbocycles. The Bertz CT molecular complexity index is 775. The topological polar surface area (TPSA) is 99.5 Å². The number of rotatable bonds is 8. The van der Waals surface area contributed by atoms with E-state index in [0.717, 1.165) is 0 Å². The summed E-state index contributed by atoms with van der Waals surface area (Å²) in [5.74, 6) is 0. The summed E-state index contributed by atoms with van der Waals surface area (Å²) < 4.78 is 60.6. The molecule has 0 aromatic heterocycles. The minimum Gasteiger partial charge on any atom is -0.187 e. The van der Waals surface area contributed by atoms with Gasteiger partial charge in [-0.1, -0.05) is 0 Å². The molecule has 0 amide bonds. The van der Waals surface area contributed by atoms with E-state index in [0.29, 0.717) is 0 Å². The van der Waals surface area contributed by atoms with Gasteiger partial charge in [-0.05, 0) is 79.7 Å². The van der Waals surface area contributed by atoms with Crippen LogP contribution in [0.1, 0.15) is 55.4 Å². The first-order chi connectivity index (χ1) is 12.7. The van der Waals surface area contributed by atoms with Gasteiger partial charge in [0, 0.05) is 24.2 Å². The second-order valence-electron chi connectivity index (χ2n) is 7.69. The lowest BCUT2D eigenvalue weighted by Crippen LogP contribution is -2.41. The normalized spacial score (nSPS) is 15.8. The summed E-state index contributed by atoms with van der Waals surface area (Å²) in [6, 6.07) is -0.921. The van der Waals surface area contributed by atoms with Crippen LogP contribution in [0.3, 0.4) is 0 Å². The lowest BCUT2D eigenvalue weighted by molar-refractivity contribution is 0.302. The molecule has 1 aliphatic rings. The Balaban J connectivity index is 3.15. The second kappa shape index (κ2) is 9.43. The van der Waals surface area contributed by atoms with Crippen molar-refractivity contribution in [2.24, 2.45) is 8.80 Å². The highest BCUT2D eigenvalue weighted by molar-refractivity contribution is 7.88. The first-order valence-corrected chi connectivity index (χ1v) is 12.1. The van der Waals surface area contributed by atoms with Crippen LogP contribution in [0.25, 0.3) is 0 Å². The molecule has 1 rings (SSSR count). The summed E-state index contributed by atoms with van der Waals surface area (Å²) >= 11 is 0. The van der Waals surface area contributed by atoms with Crippen LogP contribution in [0.5, 0.6) is 0 Å². The molecule has 0 saturated carbocycles. The molecule has 0 aliphatic heterocycles. The smallest absolute Gasteiger partial charge is 0.187 e. The van der Waals surface area contributed by atoms with Gasteiger partial charge in [0.2, 0.25) is 0 Å². The number of allylic oxidation sites excluding steroid dienone is 4. The van der Waals surface area contributed by atoms with Gasteiger partial charge in [-0.25, -0.2) is 0 Å². The van der Waals surface area contributed by atoms with Crippen molar-refractivity contribution >= 4 is 31.8 Å². The van der Waals surface area contributed by atoms with Crippen LogP contribution in [0.2, 0.25) is 0 Å². The molecular formula is C18H32N4O4S2. The van der Waals surface area contributed by atoms with Crippen molar-refractivity contribution in [3.05, 3.63) is 24.3 Å². The molecule has 0 N–H and O–H groups in total. The van der Waals surface area contributed by atoms with Gasteiger partial charge in [0.15, 0.2) is 0 Å². The summed E-state index contributed by atoms with van der Waals surface area (Å²) in [5, 5.41) is 0. The van der Waals surface area contributed by atoms with Crippen molar-refractivity contribution in [3.8, 4) is 0 Å². The van der Waals surface area contributed by atoms with E-state index >= 15 is 0 Å². The van der Waals surface area contributed by atoms with Gasteiger partial charge >= 0.3 is 20.4 Å². The Kier molecular flexibility index (Phi) is 8.31. The SMILES string of the molecule is CC(C)N(C(C)C)S(=O)(=O)N=C1C=CC(=NS(=O)(=O)N(C(C)C)C(C)C)C=C1. The van der Waals surface area contributed by atoms with Gasteiger partial charge in [0.05, 0.1) is 11.4 Å². The molecule has 0 unspecified atom stereocenters. The zero-order valence-electron chi connectivity index (χ0n) is 17.9. The predicted molar refractivity (Wildman–Crippen MR) is 115 cm³/mol. The lowest BCUT2D eigenvalue weighted by atomic mass is 10.1. The molecule has 0 heterocycles. The third kappa shape index (κ3) is 6.33. The van der Waals surface area contributed by atoms with E-state index < -0.39 is 20.4 Å². The number of hydrogen-bond acceptors (Lipinski definition) is 4. The number of hydrogen-bond donors (Lipinski definition) is 0. The standard InChI is InChI=1S/C18H32N4O4S2/c1-13(2)21(14(3)4)27(23,24)19-17-9-11-18(12-10-17)20-28(25,26)22(15(5)6)16(7)8/h9-16H,1-8H3.